The molecule has 1 atom stereocenters. The van der Waals surface area contributed by atoms with Gasteiger partial charge in [-0.3, -0.25) is 24.5 Å². The molecule has 3 aromatic carbocycles. The Balaban J connectivity index is 1.66. The van der Waals surface area contributed by atoms with Crippen molar-refractivity contribution < 1.29 is 19.3 Å². The number of ketones is 1. The summed E-state index contributed by atoms with van der Waals surface area (Å²) in [6, 6.07) is 19.3. The molecule has 0 saturated heterocycles. The molecule has 1 unspecified atom stereocenters. The van der Waals surface area contributed by atoms with Gasteiger partial charge < -0.3 is 10.6 Å². The monoisotopic (exact) mass is 477 g/mol. The second-order valence-corrected chi connectivity index (χ2v) is 8.70. The highest BCUT2D eigenvalue weighted by atomic mass is 32.2. The molecule has 174 valence electrons. The SMILES string of the molecule is CCC(Sc1cccc(NC(=O)c2cccc([N+](=O)[O-])c2)c1)C(=O)Nc1ccc(C(C)=O)cc1. The summed E-state index contributed by atoms with van der Waals surface area (Å²) < 4.78 is 0. The van der Waals surface area contributed by atoms with Gasteiger partial charge in [-0.25, -0.2) is 0 Å². The van der Waals surface area contributed by atoms with Crippen molar-refractivity contribution in [3.8, 4) is 0 Å². The molecule has 0 heterocycles. The number of thioether (sulfide) groups is 1. The van der Waals surface area contributed by atoms with Crippen molar-refractivity contribution in [2.75, 3.05) is 10.6 Å². The largest absolute Gasteiger partial charge is 0.325 e. The van der Waals surface area contributed by atoms with Gasteiger partial charge in [0.05, 0.1) is 10.2 Å². The fourth-order valence-electron chi connectivity index (χ4n) is 3.11. The van der Waals surface area contributed by atoms with E-state index in [1.165, 1.54) is 43.0 Å². The predicted molar refractivity (Wildman–Crippen MR) is 133 cm³/mol. The average Bonchev–Trinajstić information content (AvgIpc) is 2.83. The molecular formula is C25H23N3O5S. The van der Waals surface area contributed by atoms with Crippen LogP contribution < -0.4 is 10.6 Å². The van der Waals surface area contributed by atoms with E-state index in [1.54, 1.807) is 42.5 Å². The maximum Gasteiger partial charge on any atom is 0.270 e. The van der Waals surface area contributed by atoms with Gasteiger partial charge in [0.1, 0.15) is 0 Å². The molecule has 34 heavy (non-hydrogen) atoms. The van der Waals surface area contributed by atoms with Crippen molar-refractivity contribution in [1.82, 2.24) is 0 Å². The summed E-state index contributed by atoms with van der Waals surface area (Å²) in [7, 11) is 0. The van der Waals surface area contributed by atoms with Crippen LogP contribution in [0.2, 0.25) is 0 Å². The molecular weight excluding hydrogens is 454 g/mol. The van der Waals surface area contributed by atoms with Crippen LogP contribution in [0, 0.1) is 10.1 Å². The third-order valence-corrected chi connectivity index (χ3v) is 6.27. The van der Waals surface area contributed by atoms with Crippen LogP contribution in [-0.4, -0.2) is 27.8 Å². The van der Waals surface area contributed by atoms with Gasteiger partial charge >= 0.3 is 0 Å². The standard InChI is InChI=1S/C25H23N3O5S/c1-3-23(25(31)26-19-12-10-17(11-13-19)16(2)29)34-22-9-5-7-20(15-22)27-24(30)18-6-4-8-21(14-18)28(32)33/h4-15,23H,3H2,1-2H3,(H,26,31)(H,27,30). The van der Waals surface area contributed by atoms with E-state index < -0.39 is 10.8 Å². The summed E-state index contributed by atoms with van der Waals surface area (Å²) >= 11 is 1.36. The molecule has 0 radical (unpaired) electrons. The maximum atomic E-state index is 12.8. The molecule has 3 aromatic rings. The van der Waals surface area contributed by atoms with Crippen LogP contribution in [0.1, 0.15) is 41.0 Å². The lowest BCUT2D eigenvalue weighted by Crippen LogP contribution is -2.24. The Morgan fingerprint density at radius 1 is 0.912 bits per heavy atom. The summed E-state index contributed by atoms with van der Waals surface area (Å²) in [5.41, 5.74) is 1.70. The van der Waals surface area contributed by atoms with Crippen molar-refractivity contribution in [2.24, 2.45) is 0 Å². The van der Waals surface area contributed by atoms with E-state index in [4.69, 9.17) is 0 Å². The van der Waals surface area contributed by atoms with Crippen LogP contribution in [0.4, 0.5) is 17.1 Å². The van der Waals surface area contributed by atoms with Crippen molar-refractivity contribution in [3.05, 3.63) is 94.0 Å². The lowest BCUT2D eigenvalue weighted by atomic mass is 10.1. The second-order valence-electron chi connectivity index (χ2n) is 7.43. The Bertz CT molecular complexity index is 1230. The van der Waals surface area contributed by atoms with Gasteiger partial charge in [-0.1, -0.05) is 19.1 Å². The molecule has 0 spiro atoms. The Hall–Kier alpha value is -3.98. The van der Waals surface area contributed by atoms with E-state index in [0.29, 0.717) is 23.4 Å². The fraction of sp³-hybridized carbons (Fsp3) is 0.160. The number of hydrogen-bond donors (Lipinski definition) is 2. The number of nitrogens with one attached hydrogen (secondary N) is 2. The zero-order valence-electron chi connectivity index (χ0n) is 18.6. The topological polar surface area (TPSA) is 118 Å². The van der Waals surface area contributed by atoms with Crippen LogP contribution in [0.5, 0.6) is 0 Å². The number of rotatable bonds is 9. The Morgan fingerprint density at radius 2 is 1.62 bits per heavy atom. The molecule has 2 N–H and O–H groups in total. The third-order valence-electron chi connectivity index (χ3n) is 4.91. The summed E-state index contributed by atoms with van der Waals surface area (Å²) in [6.07, 6.45) is 0.576. The number of nitro benzene ring substituents is 1. The van der Waals surface area contributed by atoms with Crippen molar-refractivity contribution >= 4 is 46.4 Å². The van der Waals surface area contributed by atoms with Crippen LogP contribution in [0.3, 0.4) is 0 Å². The molecule has 0 aliphatic carbocycles. The first-order chi connectivity index (χ1) is 16.3. The number of amides is 2. The summed E-state index contributed by atoms with van der Waals surface area (Å²) in [5.74, 6) is -0.684. The molecule has 0 fully saturated rings. The van der Waals surface area contributed by atoms with E-state index in [1.807, 2.05) is 13.0 Å². The number of anilines is 2. The smallest absolute Gasteiger partial charge is 0.270 e. The van der Waals surface area contributed by atoms with E-state index in [0.717, 1.165) is 4.90 Å². The van der Waals surface area contributed by atoms with Gasteiger partial charge in [0.2, 0.25) is 5.91 Å². The molecule has 0 saturated carbocycles. The Labute approximate surface area is 200 Å². The van der Waals surface area contributed by atoms with Gasteiger partial charge in [-0.2, -0.15) is 0 Å². The first-order valence-electron chi connectivity index (χ1n) is 10.5. The van der Waals surface area contributed by atoms with Crippen molar-refractivity contribution in [1.29, 1.82) is 0 Å². The molecule has 0 aliphatic rings. The zero-order chi connectivity index (χ0) is 24.7. The van der Waals surface area contributed by atoms with E-state index in [2.05, 4.69) is 10.6 Å². The first kappa shape index (κ1) is 24.7. The summed E-state index contributed by atoms with van der Waals surface area (Å²) in [5, 5.41) is 16.2. The minimum Gasteiger partial charge on any atom is -0.325 e. The fourth-order valence-corrected chi connectivity index (χ4v) is 4.12. The van der Waals surface area contributed by atoms with Gasteiger partial charge in [0, 0.05) is 39.5 Å². The molecule has 0 bridgehead atoms. The summed E-state index contributed by atoms with van der Waals surface area (Å²) in [4.78, 5) is 47.9. The van der Waals surface area contributed by atoms with Gasteiger partial charge in [0.25, 0.3) is 11.6 Å². The number of carbonyl (C=O) groups is 3. The molecule has 0 aliphatic heterocycles. The number of hydrogen-bond acceptors (Lipinski definition) is 6. The first-order valence-corrected chi connectivity index (χ1v) is 11.4. The van der Waals surface area contributed by atoms with Gasteiger partial charge in [-0.05, 0) is 61.9 Å². The van der Waals surface area contributed by atoms with E-state index in [-0.39, 0.29) is 28.2 Å². The lowest BCUT2D eigenvalue weighted by molar-refractivity contribution is -0.384. The number of benzene rings is 3. The normalized spacial score (nSPS) is 11.4. The molecule has 8 nitrogen and oxygen atoms in total. The van der Waals surface area contributed by atoms with Crippen molar-refractivity contribution in [2.45, 2.75) is 30.4 Å². The predicted octanol–water partition coefficient (Wildman–Crippen LogP) is 5.56. The number of non-ortho nitro benzene ring substituents is 1. The van der Waals surface area contributed by atoms with Crippen LogP contribution in [0.15, 0.2) is 77.7 Å². The van der Waals surface area contributed by atoms with Crippen LogP contribution in [0.25, 0.3) is 0 Å². The Morgan fingerprint density at radius 3 is 2.26 bits per heavy atom. The minimum atomic E-state index is -0.554. The number of carbonyl (C=O) groups excluding carboxylic acids is 3. The van der Waals surface area contributed by atoms with E-state index in [9.17, 15) is 24.5 Å². The molecule has 3 rings (SSSR count). The van der Waals surface area contributed by atoms with Crippen LogP contribution in [-0.2, 0) is 4.79 Å². The van der Waals surface area contributed by atoms with E-state index >= 15 is 0 Å². The Kier molecular flexibility index (Phi) is 8.15. The average molecular weight is 478 g/mol. The minimum absolute atomic E-state index is 0.0441. The lowest BCUT2D eigenvalue weighted by Gasteiger charge is -2.15. The summed E-state index contributed by atoms with van der Waals surface area (Å²) in [6.45, 7) is 3.39. The highest BCUT2D eigenvalue weighted by Crippen LogP contribution is 2.29. The quantitative estimate of drug-likeness (QED) is 0.180. The van der Waals surface area contributed by atoms with Gasteiger partial charge in [-0.15, -0.1) is 11.8 Å². The number of nitro groups is 1. The molecule has 2 amide bonds. The van der Waals surface area contributed by atoms with Crippen molar-refractivity contribution in [3.63, 3.8) is 0 Å². The molecule has 9 heteroatoms. The maximum absolute atomic E-state index is 12.8. The highest BCUT2D eigenvalue weighted by molar-refractivity contribution is 8.00. The second kappa shape index (κ2) is 11.2. The van der Waals surface area contributed by atoms with Gasteiger partial charge in [0.15, 0.2) is 5.78 Å². The highest BCUT2D eigenvalue weighted by Gasteiger charge is 2.19. The molecule has 0 aromatic heterocycles. The third kappa shape index (κ3) is 6.52. The zero-order valence-corrected chi connectivity index (χ0v) is 19.4. The number of nitrogens with zero attached hydrogens (tertiary/aromatic N) is 1. The van der Waals surface area contributed by atoms with Crippen LogP contribution >= 0.6 is 11.8 Å². The number of Topliss-reactive ketones (excluding diaryl/α,β-unsaturated/α-hetero) is 1.